The van der Waals surface area contributed by atoms with E-state index in [4.69, 9.17) is 10.00 Å². The summed E-state index contributed by atoms with van der Waals surface area (Å²) in [6.07, 6.45) is 0.505. The van der Waals surface area contributed by atoms with Crippen molar-refractivity contribution in [3.8, 4) is 11.8 Å². The smallest absolute Gasteiger partial charge is 0.121 e. The Bertz CT molecular complexity index is 368. The van der Waals surface area contributed by atoms with E-state index in [0.29, 0.717) is 6.42 Å². The van der Waals surface area contributed by atoms with Crippen LogP contribution in [0.25, 0.3) is 0 Å². The van der Waals surface area contributed by atoms with E-state index in [1.807, 2.05) is 32.0 Å². The lowest BCUT2D eigenvalue weighted by Crippen LogP contribution is -2.13. The average molecular weight is 204 g/mol. The number of nitrogens with zero attached hydrogens (tertiary/aromatic N) is 1. The Balaban J connectivity index is 2.72. The highest BCUT2D eigenvalue weighted by Crippen LogP contribution is 2.21. The molecule has 0 spiro atoms. The topological polar surface area (TPSA) is 45.0 Å². The highest BCUT2D eigenvalue weighted by atomic mass is 16.5. The van der Waals surface area contributed by atoms with Crippen molar-refractivity contribution in [2.75, 3.05) is 12.4 Å². The molecule has 1 aromatic rings. The number of rotatable bonds is 4. The molecule has 80 valence electrons. The molecule has 1 rings (SSSR count). The maximum Gasteiger partial charge on any atom is 0.121 e. The van der Waals surface area contributed by atoms with Crippen LogP contribution in [0.1, 0.15) is 18.9 Å². The van der Waals surface area contributed by atoms with Gasteiger partial charge in [0.2, 0.25) is 0 Å². The van der Waals surface area contributed by atoms with Gasteiger partial charge in [-0.25, -0.2) is 0 Å². The van der Waals surface area contributed by atoms with E-state index >= 15 is 0 Å². The van der Waals surface area contributed by atoms with Crippen LogP contribution in [0.4, 0.5) is 5.69 Å². The fourth-order valence-electron chi connectivity index (χ4n) is 1.44. The Labute approximate surface area is 90.7 Å². The molecule has 0 bridgehead atoms. The van der Waals surface area contributed by atoms with Crippen LogP contribution in [0.5, 0.6) is 5.75 Å². The Morgan fingerprint density at radius 2 is 2.27 bits per heavy atom. The summed E-state index contributed by atoms with van der Waals surface area (Å²) in [6, 6.07) is 8.21. The van der Waals surface area contributed by atoms with E-state index in [9.17, 15) is 0 Å². The standard InChI is InChI=1S/C12H16N2O/c1-9-8-11(4-5-12(9)15-3)14-10(2)6-7-13/h4-5,8,10,14H,6H2,1-3H3. The molecule has 3 heteroatoms. The second kappa shape index (κ2) is 5.26. The van der Waals surface area contributed by atoms with Gasteiger partial charge < -0.3 is 10.1 Å². The van der Waals surface area contributed by atoms with Gasteiger partial charge >= 0.3 is 0 Å². The van der Waals surface area contributed by atoms with E-state index in [0.717, 1.165) is 17.0 Å². The number of hydrogen-bond acceptors (Lipinski definition) is 3. The van der Waals surface area contributed by atoms with Crippen LogP contribution < -0.4 is 10.1 Å². The van der Waals surface area contributed by atoms with Gasteiger partial charge in [0, 0.05) is 11.7 Å². The summed E-state index contributed by atoms with van der Waals surface area (Å²) in [7, 11) is 1.66. The summed E-state index contributed by atoms with van der Waals surface area (Å²) < 4.78 is 5.17. The molecule has 0 aliphatic rings. The summed E-state index contributed by atoms with van der Waals surface area (Å²) in [4.78, 5) is 0. The van der Waals surface area contributed by atoms with E-state index < -0.39 is 0 Å². The Hall–Kier alpha value is -1.69. The molecule has 0 heterocycles. The number of benzene rings is 1. The lowest BCUT2D eigenvalue weighted by Gasteiger charge is -2.13. The van der Waals surface area contributed by atoms with Gasteiger partial charge in [0.1, 0.15) is 5.75 Å². The third-order valence-electron chi connectivity index (χ3n) is 2.21. The molecule has 0 aliphatic carbocycles. The summed E-state index contributed by atoms with van der Waals surface area (Å²) in [5.74, 6) is 0.883. The molecule has 1 aromatic carbocycles. The first kappa shape index (κ1) is 11.4. The van der Waals surface area contributed by atoms with Gasteiger partial charge in [-0.2, -0.15) is 5.26 Å². The molecule has 0 amide bonds. The highest BCUT2D eigenvalue weighted by Gasteiger charge is 2.03. The van der Waals surface area contributed by atoms with Gasteiger partial charge in [-0.05, 0) is 37.6 Å². The monoisotopic (exact) mass is 204 g/mol. The first-order valence-corrected chi connectivity index (χ1v) is 4.95. The number of nitrogens with one attached hydrogen (secondary N) is 1. The molecule has 0 fully saturated rings. The lowest BCUT2D eigenvalue weighted by molar-refractivity contribution is 0.412. The predicted octanol–water partition coefficient (Wildman–Crippen LogP) is 2.72. The van der Waals surface area contributed by atoms with E-state index in [-0.39, 0.29) is 6.04 Å². The molecule has 0 saturated heterocycles. The Morgan fingerprint density at radius 3 is 2.80 bits per heavy atom. The molecule has 0 aliphatic heterocycles. The van der Waals surface area contributed by atoms with Gasteiger partial charge in [0.15, 0.2) is 0 Å². The van der Waals surface area contributed by atoms with Gasteiger partial charge in [-0.15, -0.1) is 0 Å². The first-order valence-electron chi connectivity index (χ1n) is 4.95. The molecule has 15 heavy (non-hydrogen) atoms. The van der Waals surface area contributed by atoms with E-state index in [1.54, 1.807) is 7.11 Å². The molecular weight excluding hydrogens is 188 g/mol. The minimum atomic E-state index is 0.169. The lowest BCUT2D eigenvalue weighted by atomic mass is 10.1. The molecular formula is C12H16N2O. The van der Waals surface area contributed by atoms with Gasteiger partial charge in [0.05, 0.1) is 19.6 Å². The molecule has 1 N–H and O–H groups in total. The van der Waals surface area contributed by atoms with Crippen LogP contribution in [0.2, 0.25) is 0 Å². The zero-order valence-electron chi connectivity index (χ0n) is 9.37. The van der Waals surface area contributed by atoms with Crippen LogP contribution in [-0.4, -0.2) is 13.2 Å². The normalized spacial score (nSPS) is 11.6. The third-order valence-corrected chi connectivity index (χ3v) is 2.21. The largest absolute Gasteiger partial charge is 0.496 e. The van der Waals surface area contributed by atoms with E-state index in [1.165, 1.54) is 0 Å². The highest BCUT2D eigenvalue weighted by molar-refractivity contribution is 5.51. The molecule has 3 nitrogen and oxygen atoms in total. The minimum absolute atomic E-state index is 0.169. The molecule has 1 unspecified atom stereocenters. The van der Waals surface area contributed by atoms with Crippen LogP contribution >= 0.6 is 0 Å². The summed E-state index contributed by atoms with van der Waals surface area (Å²) in [6.45, 7) is 3.99. The zero-order chi connectivity index (χ0) is 11.3. The van der Waals surface area contributed by atoms with Crippen molar-refractivity contribution in [3.63, 3.8) is 0 Å². The second-order valence-electron chi connectivity index (χ2n) is 3.59. The molecule has 1 atom stereocenters. The SMILES string of the molecule is COc1ccc(NC(C)CC#N)cc1C. The van der Waals surface area contributed by atoms with Crippen molar-refractivity contribution >= 4 is 5.69 Å². The number of nitriles is 1. The van der Waals surface area contributed by atoms with Gasteiger partial charge in [-0.3, -0.25) is 0 Å². The van der Waals surface area contributed by atoms with E-state index in [2.05, 4.69) is 11.4 Å². The molecule has 0 radical (unpaired) electrons. The summed E-state index contributed by atoms with van der Waals surface area (Å²) >= 11 is 0. The number of hydrogen-bond donors (Lipinski definition) is 1. The van der Waals surface area contributed by atoms with Crippen LogP contribution in [0, 0.1) is 18.3 Å². The molecule has 0 saturated carbocycles. The maximum absolute atomic E-state index is 8.54. The number of aryl methyl sites for hydroxylation is 1. The Morgan fingerprint density at radius 1 is 1.53 bits per heavy atom. The number of ether oxygens (including phenoxy) is 1. The summed E-state index contributed by atoms with van der Waals surface area (Å²) in [5, 5.41) is 11.8. The quantitative estimate of drug-likeness (QED) is 0.820. The van der Waals surface area contributed by atoms with Gasteiger partial charge in [0.25, 0.3) is 0 Å². The van der Waals surface area contributed by atoms with Crippen molar-refractivity contribution in [3.05, 3.63) is 23.8 Å². The Kier molecular flexibility index (Phi) is 3.99. The van der Waals surface area contributed by atoms with Crippen molar-refractivity contribution < 1.29 is 4.74 Å². The van der Waals surface area contributed by atoms with Crippen molar-refractivity contribution in [1.82, 2.24) is 0 Å². The van der Waals surface area contributed by atoms with Crippen molar-refractivity contribution in [2.24, 2.45) is 0 Å². The summed E-state index contributed by atoms with van der Waals surface area (Å²) in [5.41, 5.74) is 2.11. The van der Waals surface area contributed by atoms with Crippen LogP contribution in [0.3, 0.4) is 0 Å². The fraction of sp³-hybridized carbons (Fsp3) is 0.417. The third kappa shape index (κ3) is 3.17. The first-order chi connectivity index (χ1) is 7.17. The van der Waals surface area contributed by atoms with Crippen LogP contribution in [-0.2, 0) is 0 Å². The van der Waals surface area contributed by atoms with Gasteiger partial charge in [-0.1, -0.05) is 0 Å². The minimum Gasteiger partial charge on any atom is -0.496 e. The maximum atomic E-state index is 8.54. The average Bonchev–Trinajstić information content (AvgIpc) is 2.18. The number of methoxy groups -OCH3 is 1. The fourth-order valence-corrected chi connectivity index (χ4v) is 1.44. The predicted molar refractivity (Wildman–Crippen MR) is 61.0 cm³/mol. The zero-order valence-corrected chi connectivity index (χ0v) is 9.37. The van der Waals surface area contributed by atoms with Crippen molar-refractivity contribution in [2.45, 2.75) is 26.3 Å². The van der Waals surface area contributed by atoms with Crippen molar-refractivity contribution in [1.29, 1.82) is 5.26 Å². The second-order valence-corrected chi connectivity index (χ2v) is 3.59. The number of anilines is 1. The van der Waals surface area contributed by atoms with Crippen LogP contribution in [0.15, 0.2) is 18.2 Å². The molecule has 0 aromatic heterocycles.